The van der Waals surface area contributed by atoms with Crippen LogP contribution in [0.2, 0.25) is 19.6 Å². The Morgan fingerprint density at radius 1 is 1.28 bits per heavy atom. The van der Waals surface area contributed by atoms with Gasteiger partial charge in [0.25, 0.3) is 0 Å². The standard InChI is InChI=1S/C16H23N5O2SSi/c1-25(2,3)14-11-18-13(23-14)5-4-12-10-19-15(24-12)20-16(22)21-8-6-17-7-9-21/h4-5,10-11,17H,6-9H2,1-3H3,(H,19,20,22). The molecule has 0 bridgehead atoms. The third-order valence-corrected chi connectivity index (χ3v) is 6.38. The average Bonchev–Trinajstić information content (AvgIpc) is 3.22. The zero-order valence-corrected chi connectivity index (χ0v) is 16.5. The highest BCUT2D eigenvalue weighted by Gasteiger charge is 2.21. The van der Waals surface area contributed by atoms with Crippen LogP contribution in [0.3, 0.4) is 0 Å². The van der Waals surface area contributed by atoms with Gasteiger partial charge in [-0.1, -0.05) is 31.0 Å². The lowest BCUT2D eigenvalue weighted by atomic mass is 10.4. The number of rotatable bonds is 4. The van der Waals surface area contributed by atoms with E-state index < -0.39 is 8.07 Å². The molecule has 9 heteroatoms. The fourth-order valence-corrected chi connectivity index (χ4v) is 3.90. The first-order valence-electron chi connectivity index (χ1n) is 8.29. The summed E-state index contributed by atoms with van der Waals surface area (Å²) in [6, 6.07) is -0.0983. The van der Waals surface area contributed by atoms with Crippen LogP contribution >= 0.6 is 11.3 Å². The van der Waals surface area contributed by atoms with E-state index in [2.05, 4.69) is 40.2 Å². The molecule has 2 amide bonds. The van der Waals surface area contributed by atoms with Gasteiger partial charge in [0, 0.05) is 43.3 Å². The third-order valence-electron chi connectivity index (χ3n) is 3.79. The molecule has 3 rings (SSSR count). The maximum Gasteiger partial charge on any atom is 0.323 e. The number of nitrogens with zero attached hydrogens (tertiary/aromatic N) is 3. The van der Waals surface area contributed by atoms with E-state index in [1.54, 1.807) is 11.1 Å². The summed E-state index contributed by atoms with van der Waals surface area (Å²) < 4.78 is 5.79. The molecule has 0 spiro atoms. The molecule has 25 heavy (non-hydrogen) atoms. The summed E-state index contributed by atoms with van der Waals surface area (Å²) in [7, 11) is -1.48. The van der Waals surface area contributed by atoms with Crippen molar-refractivity contribution >= 4 is 48.1 Å². The molecule has 0 atom stereocenters. The van der Waals surface area contributed by atoms with Crippen LogP contribution in [0.25, 0.3) is 12.2 Å². The maximum atomic E-state index is 12.2. The van der Waals surface area contributed by atoms with E-state index in [-0.39, 0.29) is 6.03 Å². The number of thiazole rings is 1. The van der Waals surface area contributed by atoms with Gasteiger partial charge in [0.1, 0.15) is 13.5 Å². The average molecular weight is 378 g/mol. The van der Waals surface area contributed by atoms with Gasteiger partial charge < -0.3 is 14.6 Å². The molecule has 134 valence electrons. The molecule has 1 aliphatic rings. The molecule has 2 aromatic rings. The molecular weight excluding hydrogens is 354 g/mol. The monoisotopic (exact) mass is 377 g/mol. The summed E-state index contributed by atoms with van der Waals surface area (Å²) in [5.74, 6) is 0.595. The molecule has 2 N–H and O–H groups in total. The maximum absolute atomic E-state index is 12.2. The number of amides is 2. The van der Waals surface area contributed by atoms with Gasteiger partial charge in [-0.2, -0.15) is 0 Å². The molecule has 0 saturated carbocycles. The van der Waals surface area contributed by atoms with Crippen molar-refractivity contribution < 1.29 is 9.21 Å². The van der Waals surface area contributed by atoms with Gasteiger partial charge in [-0.3, -0.25) is 5.32 Å². The fraction of sp³-hybridized carbons (Fsp3) is 0.438. The van der Waals surface area contributed by atoms with Gasteiger partial charge in [0.2, 0.25) is 5.89 Å². The lowest BCUT2D eigenvalue weighted by molar-refractivity contribution is 0.204. The first kappa shape index (κ1) is 17.8. The van der Waals surface area contributed by atoms with Gasteiger partial charge in [-0.05, 0) is 6.08 Å². The van der Waals surface area contributed by atoms with Crippen molar-refractivity contribution in [2.24, 2.45) is 0 Å². The Balaban J connectivity index is 1.59. The van der Waals surface area contributed by atoms with E-state index in [0.29, 0.717) is 24.1 Å². The molecular formula is C16H23N5O2SSi. The Morgan fingerprint density at radius 2 is 2.04 bits per heavy atom. The fourth-order valence-electron chi connectivity index (χ4n) is 2.32. The summed E-state index contributed by atoms with van der Waals surface area (Å²) in [4.78, 5) is 23.4. The van der Waals surface area contributed by atoms with E-state index in [0.717, 1.165) is 23.4 Å². The van der Waals surface area contributed by atoms with Crippen LogP contribution in [0, 0.1) is 0 Å². The second kappa shape index (κ2) is 7.50. The van der Waals surface area contributed by atoms with Crippen LogP contribution in [0.5, 0.6) is 0 Å². The van der Waals surface area contributed by atoms with Gasteiger partial charge >= 0.3 is 6.03 Å². The number of oxazole rings is 1. The second-order valence-electron chi connectivity index (χ2n) is 6.88. The number of carbonyl (C=O) groups is 1. The lowest BCUT2D eigenvalue weighted by Crippen LogP contribution is -2.48. The van der Waals surface area contributed by atoms with Crippen LogP contribution in [-0.4, -0.2) is 55.2 Å². The zero-order chi connectivity index (χ0) is 17.9. The van der Waals surface area contributed by atoms with Crippen LogP contribution in [0.1, 0.15) is 10.8 Å². The Kier molecular flexibility index (Phi) is 5.35. The first-order chi connectivity index (χ1) is 11.9. The summed E-state index contributed by atoms with van der Waals surface area (Å²) in [6.07, 6.45) is 7.28. The minimum Gasteiger partial charge on any atom is -0.447 e. The van der Waals surface area contributed by atoms with Crippen molar-refractivity contribution in [1.82, 2.24) is 20.2 Å². The summed E-state index contributed by atoms with van der Waals surface area (Å²) in [5.41, 5.74) is 0. The Hall–Kier alpha value is -1.97. The van der Waals surface area contributed by atoms with E-state index in [1.807, 2.05) is 18.3 Å². The highest BCUT2D eigenvalue weighted by atomic mass is 32.1. The number of anilines is 1. The van der Waals surface area contributed by atoms with Crippen molar-refractivity contribution in [2.75, 3.05) is 31.5 Å². The highest BCUT2D eigenvalue weighted by molar-refractivity contribution is 7.16. The minimum atomic E-state index is -1.48. The third kappa shape index (κ3) is 4.77. The van der Waals surface area contributed by atoms with Gasteiger partial charge in [-0.25, -0.2) is 14.8 Å². The highest BCUT2D eigenvalue weighted by Crippen LogP contribution is 2.20. The second-order valence-corrected chi connectivity index (χ2v) is 12.9. The lowest BCUT2D eigenvalue weighted by Gasteiger charge is -2.26. The molecule has 7 nitrogen and oxygen atoms in total. The predicted molar refractivity (Wildman–Crippen MR) is 104 cm³/mol. The quantitative estimate of drug-likeness (QED) is 0.799. The zero-order valence-electron chi connectivity index (χ0n) is 14.7. The normalized spacial score (nSPS) is 15.7. The van der Waals surface area contributed by atoms with E-state index in [1.165, 1.54) is 11.3 Å². The molecule has 0 radical (unpaired) electrons. The van der Waals surface area contributed by atoms with Crippen LogP contribution in [0.4, 0.5) is 9.93 Å². The number of hydrogen-bond acceptors (Lipinski definition) is 6. The van der Waals surface area contributed by atoms with Crippen LogP contribution in [0.15, 0.2) is 16.8 Å². The minimum absolute atomic E-state index is 0.0983. The van der Waals surface area contributed by atoms with Gasteiger partial charge in [-0.15, -0.1) is 0 Å². The number of urea groups is 1. The molecule has 3 heterocycles. The largest absolute Gasteiger partial charge is 0.447 e. The SMILES string of the molecule is C[Si](C)(C)c1cnc(C=Cc2cnc(NC(=O)N3CCNCC3)s2)o1. The summed E-state index contributed by atoms with van der Waals surface area (Å²) in [6.45, 7) is 9.75. The Morgan fingerprint density at radius 3 is 2.72 bits per heavy atom. The molecule has 0 aromatic carbocycles. The Labute approximate surface area is 152 Å². The number of aromatic nitrogens is 2. The topological polar surface area (TPSA) is 83.3 Å². The van der Waals surface area contributed by atoms with Crippen LogP contribution in [-0.2, 0) is 0 Å². The molecule has 2 aromatic heterocycles. The first-order valence-corrected chi connectivity index (χ1v) is 12.6. The number of hydrogen-bond donors (Lipinski definition) is 2. The summed E-state index contributed by atoms with van der Waals surface area (Å²) in [5, 5.41) is 7.66. The molecule has 1 aliphatic heterocycles. The number of carbonyl (C=O) groups excluding carboxylic acids is 1. The number of nitrogens with one attached hydrogen (secondary N) is 2. The van der Waals surface area contributed by atoms with Crippen molar-refractivity contribution in [3.63, 3.8) is 0 Å². The van der Waals surface area contributed by atoms with E-state index in [9.17, 15) is 4.79 Å². The van der Waals surface area contributed by atoms with Crippen molar-refractivity contribution in [3.8, 4) is 0 Å². The molecule has 1 saturated heterocycles. The van der Waals surface area contributed by atoms with Crippen molar-refractivity contribution in [3.05, 3.63) is 23.2 Å². The molecule has 0 unspecified atom stereocenters. The van der Waals surface area contributed by atoms with E-state index in [4.69, 9.17) is 4.42 Å². The Bertz CT molecular complexity index is 759. The van der Waals surface area contributed by atoms with Crippen LogP contribution < -0.4 is 16.0 Å². The molecule has 0 aliphatic carbocycles. The predicted octanol–water partition coefficient (Wildman–Crippen LogP) is 2.28. The van der Waals surface area contributed by atoms with Crippen molar-refractivity contribution in [1.29, 1.82) is 0 Å². The smallest absolute Gasteiger partial charge is 0.323 e. The molecule has 1 fully saturated rings. The van der Waals surface area contributed by atoms with Gasteiger partial charge in [0.15, 0.2) is 5.13 Å². The van der Waals surface area contributed by atoms with Crippen molar-refractivity contribution in [2.45, 2.75) is 19.6 Å². The van der Waals surface area contributed by atoms with Gasteiger partial charge in [0.05, 0.1) is 6.20 Å². The summed E-state index contributed by atoms with van der Waals surface area (Å²) >= 11 is 1.42. The number of piperazine rings is 1. The van der Waals surface area contributed by atoms with E-state index >= 15 is 0 Å².